The van der Waals surface area contributed by atoms with Crippen LogP contribution in [0.5, 0.6) is 0 Å². The Kier molecular flexibility index (Phi) is 10.0. The summed E-state index contributed by atoms with van der Waals surface area (Å²) in [5, 5.41) is 0. The largest absolute Gasteiger partial charge is 0.393 e. The maximum Gasteiger partial charge on any atom is 0.393 e. The van der Waals surface area contributed by atoms with Gasteiger partial charge in [-0.3, -0.25) is 0 Å². The van der Waals surface area contributed by atoms with Crippen molar-refractivity contribution in [3.8, 4) is 0 Å². The number of rotatable bonds is 1. The molecule has 0 aromatic rings. The molecule has 1 fully saturated rings. The summed E-state index contributed by atoms with van der Waals surface area (Å²) < 4.78 is 36.7. The topological polar surface area (TPSA) is 3.24 Å². The highest BCUT2D eigenvalue weighted by Crippen LogP contribution is 2.35. The Balaban J connectivity index is 0. The highest BCUT2D eigenvalue weighted by atomic mass is 19.4. The molecule has 0 spiro atoms. The van der Waals surface area contributed by atoms with Crippen LogP contribution in [-0.2, 0) is 0 Å². The van der Waals surface area contributed by atoms with Gasteiger partial charge in [0.25, 0.3) is 0 Å². The minimum Gasteiger partial charge on any atom is -0.300 e. The summed E-state index contributed by atoms with van der Waals surface area (Å²) in [7, 11) is 0. The van der Waals surface area contributed by atoms with Gasteiger partial charge in [0.05, 0.1) is 5.92 Å². The van der Waals surface area contributed by atoms with Crippen molar-refractivity contribution >= 4 is 0 Å². The molecule has 0 amide bonds. The van der Waals surface area contributed by atoms with Crippen molar-refractivity contribution in [1.82, 2.24) is 4.90 Å². The number of hydrogen-bond acceptors (Lipinski definition) is 1. The van der Waals surface area contributed by atoms with E-state index >= 15 is 0 Å². The van der Waals surface area contributed by atoms with Crippen molar-refractivity contribution in [2.24, 2.45) is 5.92 Å². The Hall–Kier alpha value is -0.250. The van der Waals surface area contributed by atoms with Gasteiger partial charge in [-0.25, -0.2) is 0 Å². The standard InChI is InChI=1S/C8H14F3N.2C2H6/c1-3-12-5-7(4-6(12)2)8(9,10)11;2*1-2/h6-7H,3-5H2,1-2H3;2*1-2H3. The van der Waals surface area contributed by atoms with Crippen molar-refractivity contribution in [3.63, 3.8) is 0 Å². The molecule has 2 unspecified atom stereocenters. The van der Waals surface area contributed by atoms with Gasteiger partial charge in [-0.1, -0.05) is 34.6 Å². The quantitative estimate of drug-likeness (QED) is 0.660. The molecule has 0 radical (unpaired) electrons. The minimum absolute atomic E-state index is 0.0848. The third kappa shape index (κ3) is 5.73. The molecule has 0 aliphatic carbocycles. The van der Waals surface area contributed by atoms with Gasteiger partial charge in [0, 0.05) is 12.6 Å². The van der Waals surface area contributed by atoms with Gasteiger partial charge in [0.15, 0.2) is 0 Å². The lowest BCUT2D eigenvalue weighted by atomic mass is 10.1. The van der Waals surface area contributed by atoms with Gasteiger partial charge < -0.3 is 4.90 Å². The number of alkyl halides is 3. The fourth-order valence-electron chi connectivity index (χ4n) is 1.78. The summed E-state index contributed by atoms with van der Waals surface area (Å²) in [6.45, 7) is 12.7. The van der Waals surface area contributed by atoms with Gasteiger partial charge in [-0.15, -0.1) is 0 Å². The predicted molar refractivity (Wildman–Crippen MR) is 63.6 cm³/mol. The number of hydrogen-bond donors (Lipinski definition) is 0. The van der Waals surface area contributed by atoms with Gasteiger partial charge >= 0.3 is 6.18 Å². The van der Waals surface area contributed by atoms with Crippen LogP contribution in [0.3, 0.4) is 0 Å². The van der Waals surface area contributed by atoms with E-state index in [0.29, 0.717) is 6.54 Å². The fraction of sp³-hybridized carbons (Fsp3) is 1.00. The van der Waals surface area contributed by atoms with Crippen molar-refractivity contribution in [1.29, 1.82) is 0 Å². The zero-order valence-corrected chi connectivity index (χ0v) is 11.4. The van der Waals surface area contributed by atoms with E-state index < -0.39 is 12.1 Å². The van der Waals surface area contributed by atoms with Gasteiger partial charge in [-0.05, 0) is 19.9 Å². The lowest BCUT2D eigenvalue weighted by Gasteiger charge is -2.18. The fourth-order valence-corrected chi connectivity index (χ4v) is 1.78. The molecule has 0 N–H and O–H groups in total. The van der Waals surface area contributed by atoms with E-state index in [2.05, 4.69) is 0 Å². The molecule has 1 saturated heterocycles. The molecule has 1 rings (SSSR count). The van der Waals surface area contributed by atoms with Crippen LogP contribution in [0.15, 0.2) is 0 Å². The Morgan fingerprint density at radius 1 is 1.12 bits per heavy atom. The van der Waals surface area contributed by atoms with Crippen LogP contribution in [-0.4, -0.2) is 30.2 Å². The van der Waals surface area contributed by atoms with Crippen molar-refractivity contribution in [3.05, 3.63) is 0 Å². The molecule has 0 aromatic carbocycles. The van der Waals surface area contributed by atoms with Gasteiger partial charge in [0.1, 0.15) is 0 Å². The summed E-state index contributed by atoms with van der Waals surface area (Å²) in [5.74, 6) is -1.10. The molecule has 100 valence electrons. The molecule has 4 heteroatoms. The summed E-state index contributed by atoms with van der Waals surface area (Å²) >= 11 is 0. The first-order valence-electron chi connectivity index (χ1n) is 6.26. The second-order valence-corrected chi connectivity index (χ2v) is 3.41. The SMILES string of the molecule is CC.CC.CCN1CC(C(F)(F)F)CC1C. The van der Waals surface area contributed by atoms with Crippen molar-refractivity contribution in [2.75, 3.05) is 13.1 Å². The molecule has 0 saturated carbocycles. The molecule has 16 heavy (non-hydrogen) atoms. The molecule has 1 nitrogen and oxygen atoms in total. The summed E-state index contributed by atoms with van der Waals surface area (Å²) in [6, 6.07) is 0.0848. The Morgan fingerprint density at radius 3 is 1.75 bits per heavy atom. The maximum atomic E-state index is 12.2. The van der Waals surface area contributed by atoms with Gasteiger partial charge in [0.2, 0.25) is 0 Å². The van der Waals surface area contributed by atoms with E-state index in [1.807, 2.05) is 46.4 Å². The molecule has 0 aromatic heterocycles. The van der Waals surface area contributed by atoms with Gasteiger partial charge in [-0.2, -0.15) is 13.2 Å². The van der Waals surface area contributed by atoms with E-state index in [4.69, 9.17) is 0 Å². The number of likely N-dealkylation sites (tertiary alicyclic amines) is 1. The van der Waals surface area contributed by atoms with Crippen LogP contribution in [0.2, 0.25) is 0 Å². The Labute approximate surface area is 98.0 Å². The van der Waals surface area contributed by atoms with E-state index in [-0.39, 0.29) is 19.0 Å². The second kappa shape index (κ2) is 8.85. The lowest BCUT2D eigenvalue weighted by molar-refractivity contribution is -0.170. The second-order valence-electron chi connectivity index (χ2n) is 3.41. The maximum absolute atomic E-state index is 12.2. The molecule has 2 atom stereocenters. The van der Waals surface area contributed by atoms with E-state index in [0.717, 1.165) is 0 Å². The minimum atomic E-state index is -4.00. The van der Waals surface area contributed by atoms with Crippen LogP contribution >= 0.6 is 0 Å². The van der Waals surface area contributed by atoms with E-state index in [1.54, 1.807) is 0 Å². The third-order valence-corrected chi connectivity index (χ3v) is 2.57. The molecular weight excluding hydrogens is 215 g/mol. The number of halogens is 3. The van der Waals surface area contributed by atoms with Crippen LogP contribution in [0.1, 0.15) is 48.0 Å². The molecular formula is C12H26F3N. The smallest absolute Gasteiger partial charge is 0.300 e. The average molecular weight is 241 g/mol. The highest BCUT2D eigenvalue weighted by molar-refractivity contribution is 4.85. The molecule has 1 aliphatic heterocycles. The third-order valence-electron chi connectivity index (χ3n) is 2.57. The van der Waals surface area contributed by atoms with E-state index in [9.17, 15) is 13.2 Å². The normalized spacial score (nSPS) is 25.3. The number of nitrogens with zero attached hydrogens (tertiary/aromatic N) is 1. The van der Waals surface area contributed by atoms with Crippen LogP contribution < -0.4 is 0 Å². The summed E-state index contributed by atoms with van der Waals surface area (Å²) in [5.41, 5.74) is 0. The Morgan fingerprint density at radius 2 is 1.56 bits per heavy atom. The zero-order chi connectivity index (χ0) is 13.4. The Bertz CT molecular complexity index is 157. The van der Waals surface area contributed by atoms with Crippen LogP contribution in [0, 0.1) is 5.92 Å². The van der Waals surface area contributed by atoms with Crippen LogP contribution in [0.4, 0.5) is 13.2 Å². The molecule has 0 bridgehead atoms. The first-order valence-corrected chi connectivity index (χ1v) is 6.26. The summed E-state index contributed by atoms with van der Waals surface area (Å²) in [6.07, 6.45) is -3.74. The van der Waals surface area contributed by atoms with Crippen molar-refractivity contribution in [2.45, 2.75) is 60.2 Å². The molecule has 1 aliphatic rings. The van der Waals surface area contributed by atoms with Crippen molar-refractivity contribution < 1.29 is 13.2 Å². The predicted octanol–water partition coefficient (Wildman–Crippen LogP) is 4.33. The van der Waals surface area contributed by atoms with E-state index in [1.165, 1.54) is 0 Å². The lowest BCUT2D eigenvalue weighted by Crippen LogP contribution is -2.29. The average Bonchev–Trinajstić information content (AvgIpc) is 2.65. The molecule has 1 heterocycles. The zero-order valence-electron chi connectivity index (χ0n) is 11.4. The highest BCUT2D eigenvalue weighted by Gasteiger charge is 2.45. The van der Waals surface area contributed by atoms with Crippen LogP contribution in [0.25, 0.3) is 0 Å². The first kappa shape index (κ1) is 18.1. The summed E-state index contributed by atoms with van der Waals surface area (Å²) in [4.78, 5) is 1.87. The monoisotopic (exact) mass is 241 g/mol. The first-order chi connectivity index (χ1) is 7.45.